The van der Waals surface area contributed by atoms with E-state index >= 15 is 0 Å². The third-order valence-electron chi connectivity index (χ3n) is 7.23. The largest absolute Gasteiger partial charge is 0.419 e. The molecule has 10 heteroatoms. The van der Waals surface area contributed by atoms with E-state index in [9.17, 15) is 4.79 Å². The van der Waals surface area contributed by atoms with E-state index in [2.05, 4.69) is 20.3 Å². The van der Waals surface area contributed by atoms with E-state index in [0.29, 0.717) is 35.9 Å². The number of likely N-dealkylation sites (tertiary alicyclic amines) is 1. The van der Waals surface area contributed by atoms with E-state index in [1.54, 1.807) is 22.2 Å². The fraction of sp³-hybridized carbons (Fsp3) is 0.300. The van der Waals surface area contributed by atoms with E-state index in [1.165, 1.54) is 0 Å². The zero-order valence-electron chi connectivity index (χ0n) is 22.7. The second-order valence-electron chi connectivity index (χ2n) is 10.7. The van der Waals surface area contributed by atoms with Crippen LogP contribution in [0.15, 0.2) is 70.7 Å². The van der Waals surface area contributed by atoms with E-state index < -0.39 is 5.54 Å². The van der Waals surface area contributed by atoms with Gasteiger partial charge in [-0.1, -0.05) is 30.3 Å². The lowest BCUT2D eigenvalue weighted by Crippen LogP contribution is -2.35. The third kappa shape index (κ3) is 5.20. The minimum absolute atomic E-state index is 0.0253. The summed E-state index contributed by atoms with van der Waals surface area (Å²) in [5.41, 5.74) is 10.8. The van der Waals surface area contributed by atoms with Crippen molar-refractivity contribution in [1.29, 1.82) is 0 Å². The van der Waals surface area contributed by atoms with Crippen molar-refractivity contribution in [2.45, 2.75) is 44.7 Å². The molecule has 1 aliphatic rings. The van der Waals surface area contributed by atoms with Crippen LogP contribution in [-0.2, 0) is 19.0 Å². The molecule has 0 unspecified atom stereocenters. The van der Waals surface area contributed by atoms with Crippen molar-refractivity contribution in [3.63, 3.8) is 0 Å². The molecule has 2 N–H and O–H groups in total. The lowest BCUT2D eigenvalue weighted by atomic mass is 9.94. The molecule has 9 nitrogen and oxygen atoms in total. The van der Waals surface area contributed by atoms with Crippen LogP contribution < -0.4 is 5.73 Å². The average molecular weight is 554 g/mol. The maximum absolute atomic E-state index is 14.0. The lowest BCUT2D eigenvalue weighted by molar-refractivity contribution is 0.0735. The Balaban J connectivity index is 1.36. The summed E-state index contributed by atoms with van der Waals surface area (Å²) >= 11 is 1.61. The first-order valence-electron chi connectivity index (χ1n) is 13.3. The average Bonchev–Trinajstić information content (AvgIpc) is 3.75. The second kappa shape index (κ2) is 10.4. The van der Waals surface area contributed by atoms with Crippen LogP contribution in [0.4, 0.5) is 0 Å². The first-order valence-corrected chi connectivity index (χ1v) is 14.2. The van der Waals surface area contributed by atoms with E-state index in [0.717, 1.165) is 40.2 Å². The van der Waals surface area contributed by atoms with Crippen LogP contribution in [-0.4, -0.2) is 42.3 Å². The van der Waals surface area contributed by atoms with Gasteiger partial charge in [0, 0.05) is 47.6 Å². The van der Waals surface area contributed by atoms with Gasteiger partial charge >= 0.3 is 0 Å². The van der Waals surface area contributed by atoms with Crippen molar-refractivity contribution in [3.05, 3.63) is 94.0 Å². The summed E-state index contributed by atoms with van der Waals surface area (Å²) in [7, 11) is 1.86. The Bertz CT molecular complexity index is 1650. The van der Waals surface area contributed by atoms with Crippen molar-refractivity contribution in [2.75, 3.05) is 6.54 Å². The maximum atomic E-state index is 14.0. The Morgan fingerprint density at radius 1 is 1.15 bits per heavy atom. The number of hydrogen-bond acceptors (Lipinski definition) is 8. The number of nitrogens with zero attached hydrogens (tertiary/aromatic N) is 6. The molecular formula is C30H31N7O2S. The van der Waals surface area contributed by atoms with Crippen molar-refractivity contribution in [1.82, 2.24) is 29.9 Å². The topological polar surface area (TPSA) is 116 Å². The number of amides is 1. The monoisotopic (exact) mass is 553 g/mol. The summed E-state index contributed by atoms with van der Waals surface area (Å²) in [4.78, 5) is 20.6. The maximum Gasteiger partial charge on any atom is 0.254 e. The number of hydrogen-bond donors (Lipinski definition) is 1. The Morgan fingerprint density at radius 2 is 1.95 bits per heavy atom. The Labute approximate surface area is 236 Å². The molecule has 0 radical (unpaired) electrons. The molecule has 1 aliphatic heterocycles. The molecule has 6 rings (SSSR count). The van der Waals surface area contributed by atoms with E-state index in [4.69, 9.17) is 10.2 Å². The van der Waals surface area contributed by atoms with E-state index in [-0.39, 0.29) is 11.9 Å². The molecule has 1 fully saturated rings. The fourth-order valence-corrected chi connectivity index (χ4v) is 6.18. The van der Waals surface area contributed by atoms with Crippen molar-refractivity contribution in [2.24, 2.45) is 12.8 Å². The number of aromatic nitrogens is 5. The van der Waals surface area contributed by atoms with E-state index in [1.807, 2.05) is 85.9 Å². The molecule has 204 valence electrons. The summed E-state index contributed by atoms with van der Waals surface area (Å²) in [6, 6.07) is 15.6. The molecule has 0 aliphatic carbocycles. The summed E-state index contributed by atoms with van der Waals surface area (Å²) < 4.78 is 7.89. The predicted octanol–water partition coefficient (Wildman–Crippen LogP) is 5.30. The van der Waals surface area contributed by atoms with Gasteiger partial charge in [0.2, 0.25) is 11.8 Å². The van der Waals surface area contributed by atoms with Crippen LogP contribution in [0.25, 0.3) is 22.6 Å². The van der Waals surface area contributed by atoms with Gasteiger partial charge in [-0.3, -0.25) is 9.48 Å². The minimum atomic E-state index is -0.860. The van der Waals surface area contributed by atoms with Crippen LogP contribution in [0.3, 0.4) is 0 Å². The van der Waals surface area contributed by atoms with Gasteiger partial charge in [0.15, 0.2) is 0 Å². The molecule has 2 atom stereocenters. The highest BCUT2D eigenvalue weighted by atomic mass is 32.1. The highest BCUT2D eigenvalue weighted by Gasteiger charge is 2.33. The first-order chi connectivity index (χ1) is 19.3. The predicted molar refractivity (Wildman–Crippen MR) is 153 cm³/mol. The van der Waals surface area contributed by atoms with Gasteiger partial charge in [0.05, 0.1) is 17.8 Å². The quantitative estimate of drug-likeness (QED) is 0.291. The summed E-state index contributed by atoms with van der Waals surface area (Å²) in [6.45, 7) is 4.55. The van der Waals surface area contributed by atoms with Crippen LogP contribution in [0.2, 0.25) is 0 Å². The number of carbonyl (C=O) groups excluding carboxylic acids is 1. The molecule has 3 aromatic heterocycles. The van der Waals surface area contributed by atoms with Gasteiger partial charge in [0.1, 0.15) is 5.01 Å². The second-order valence-corrected chi connectivity index (χ2v) is 11.6. The van der Waals surface area contributed by atoms with Gasteiger partial charge in [-0.05, 0) is 62.4 Å². The molecule has 4 heterocycles. The van der Waals surface area contributed by atoms with Crippen molar-refractivity contribution < 1.29 is 9.21 Å². The number of thiazole rings is 1. The highest BCUT2D eigenvalue weighted by Crippen LogP contribution is 2.36. The first kappa shape index (κ1) is 26.1. The van der Waals surface area contributed by atoms with Gasteiger partial charge in [0.25, 0.3) is 5.91 Å². The molecule has 0 bridgehead atoms. The summed E-state index contributed by atoms with van der Waals surface area (Å²) in [6.07, 6.45) is 6.08. The zero-order valence-corrected chi connectivity index (χ0v) is 23.6. The molecule has 0 saturated carbocycles. The molecule has 1 amide bonds. The minimum Gasteiger partial charge on any atom is -0.419 e. The van der Waals surface area contributed by atoms with Crippen LogP contribution >= 0.6 is 11.3 Å². The van der Waals surface area contributed by atoms with Crippen molar-refractivity contribution >= 4 is 17.2 Å². The number of benzene rings is 2. The van der Waals surface area contributed by atoms with Crippen LogP contribution in [0.5, 0.6) is 0 Å². The Morgan fingerprint density at radius 3 is 2.67 bits per heavy atom. The number of aryl methyl sites for hydroxylation is 2. The lowest BCUT2D eigenvalue weighted by Gasteiger charge is -2.23. The normalized spacial score (nSPS) is 16.8. The third-order valence-corrected chi connectivity index (χ3v) is 8.29. The number of rotatable bonds is 7. The number of nitrogens with two attached hydrogens (primary N) is 1. The van der Waals surface area contributed by atoms with Crippen LogP contribution in [0, 0.1) is 6.92 Å². The number of carbonyl (C=O) groups is 1. The SMILES string of the molecule is Cc1csc([C@H]2CCCN2C(=O)c2cc(-c3cnn(C)c3)cc(-c3nnc([C@](C)(N)Cc4ccccc4)o3)c2)n1. The molecule has 1 saturated heterocycles. The zero-order chi connectivity index (χ0) is 27.9. The smallest absolute Gasteiger partial charge is 0.254 e. The summed E-state index contributed by atoms with van der Waals surface area (Å²) in [5.74, 6) is 0.604. The molecule has 40 heavy (non-hydrogen) atoms. The Kier molecular flexibility index (Phi) is 6.81. The van der Waals surface area contributed by atoms with Gasteiger partial charge in [-0.15, -0.1) is 21.5 Å². The van der Waals surface area contributed by atoms with Gasteiger partial charge in [-0.2, -0.15) is 5.10 Å². The van der Waals surface area contributed by atoms with Crippen molar-refractivity contribution in [3.8, 4) is 22.6 Å². The Hall–Kier alpha value is -4.15. The van der Waals surface area contributed by atoms with Crippen LogP contribution in [0.1, 0.15) is 58.3 Å². The summed E-state index contributed by atoms with van der Waals surface area (Å²) in [5, 5.41) is 16.0. The molecule has 5 aromatic rings. The fourth-order valence-electron chi connectivity index (χ4n) is 5.24. The molecule has 0 spiro atoms. The van der Waals surface area contributed by atoms with Gasteiger partial charge in [-0.25, -0.2) is 4.98 Å². The van der Waals surface area contributed by atoms with Gasteiger partial charge < -0.3 is 15.1 Å². The molecule has 2 aromatic carbocycles. The standard InChI is InChI=1S/C30H31N7O2S/c1-19-18-40-27(33-19)25-10-7-11-37(25)28(38)23-13-21(24-16-32-36(3)17-24)12-22(14-23)26-34-35-29(39-26)30(2,31)15-20-8-5-4-6-9-20/h4-6,8-9,12-14,16-18,25H,7,10-11,15,31H2,1-3H3/t25-,30-/m1/s1. The highest BCUT2D eigenvalue weighted by molar-refractivity contribution is 7.09. The molecular weight excluding hydrogens is 522 g/mol.